The van der Waals surface area contributed by atoms with E-state index in [1.54, 1.807) is 0 Å². The Hall–Kier alpha value is -0.0500. The van der Waals surface area contributed by atoms with Gasteiger partial charge >= 0.3 is 0 Å². The SMILES string of the molecule is CC(C)CCC(=O)N(CCBr)C1CCCC1. The minimum Gasteiger partial charge on any atom is -0.339 e. The lowest BCUT2D eigenvalue weighted by atomic mass is 10.1. The Kier molecular flexibility index (Phi) is 6.40. The number of alkyl halides is 1. The number of carbonyl (C=O) groups is 1. The standard InChI is InChI=1S/C13H24BrNO/c1-11(2)7-8-13(16)15(10-9-14)12-5-3-4-6-12/h11-12H,3-10H2,1-2H3. The molecule has 0 aromatic heterocycles. The van der Waals surface area contributed by atoms with Crippen molar-refractivity contribution in [3.05, 3.63) is 0 Å². The fourth-order valence-corrected chi connectivity index (χ4v) is 2.76. The molecule has 3 heteroatoms. The van der Waals surface area contributed by atoms with E-state index >= 15 is 0 Å². The van der Waals surface area contributed by atoms with Crippen molar-refractivity contribution in [2.75, 3.05) is 11.9 Å². The van der Waals surface area contributed by atoms with E-state index in [0.717, 1.165) is 24.7 Å². The van der Waals surface area contributed by atoms with Crippen molar-refractivity contribution in [3.63, 3.8) is 0 Å². The molecule has 0 spiro atoms. The predicted molar refractivity (Wildman–Crippen MR) is 71.8 cm³/mol. The number of halogens is 1. The number of hydrogen-bond acceptors (Lipinski definition) is 1. The average Bonchev–Trinajstić information content (AvgIpc) is 2.75. The Morgan fingerprint density at radius 2 is 2.00 bits per heavy atom. The Labute approximate surface area is 108 Å². The van der Waals surface area contributed by atoms with Crippen LogP contribution in [0.1, 0.15) is 52.4 Å². The summed E-state index contributed by atoms with van der Waals surface area (Å²) >= 11 is 3.45. The lowest BCUT2D eigenvalue weighted by Crippen LogP contribution is -2.40. The molecule has 1 fully saturated rings. The van der Waals surface area contributed by atoms with E-state index in [1.165, 1.54) is 25.7 Å². The van der Waals surface area contributed by atoms with Gasteiger partial charge in [0.1, 0.15) is 0 Å². The lowest BCUT2D eigenvalue weighted by molar-refractivity contribution is -0.133. The number of carbonyl (C=O) groups excluding carboxylic acids is 1. The Bertz CT molecular complexity index is 212. The van der Waals surface area contributed by atoms with Crippen LogP contribution >= 0.6 is 15.9 Å². The molecular formula is C13H24BrNO. The normalized spacial score (nSPS) is 17.0. The molecule has 1 aliphatic rings. The number of hydrogen-bond donors (Lipinski definition) is 0. The van der Waals surface area contributed by atoms with Gasteiger partial charge in [0.15, 0.2) is 0 Å². The molecule has 0 aliphatic heterocycles. The second-order valence-electron chi connectivity index (χ2n) is 5.15. The third-order valence-corrected chi connectivity index (χ3v) is 3.70. The molecule has 0 aromatic rings. The van der Waals surface area contributed by atoms with E-state index in [-0.39, 0.29) is 0 Å². The van der Waals surface area contributed by atoms with Gasteiger partial charge in [-0.25, -0.2) is 0 Å². The average molecular weight is 290 g/mol. The molecule has 2 nitrogen and oxygen atoms in total. The van der Waals surface area contributed by atoms with Crippen molar-refractivity contribution in [1.29, 1.82) is 0 Å². The molecule has 0 radical (unpaired) electrons. The monoisotopic (exact) mass is 289 g/mol. The number of nitrogens with zero attached hydrogens (tertiary/aromatic N) is 1. The molecule has 1 aliphatic carbocycles. The van der Waals surface area contributed by atoms with Gasteiger partial charge in [-0.2, -0.15) is 0 Å². The van der Waals surface area contributed by atoms with Crippen LogP contribution in [0.15, 0.2) is 0 Å². The fourth-order valence-electron chi connectivity index (χ4n) is 2.37. The summed E-state index contributed by atoms with van der Waals surface area (Å²) in [5.41, 5.74) is 0. The molecule has 1 saturated carbocycles. The van der Waals surface area contributed by atoms with Crippen molar-refractivity contribution in [2.24, 2.45) is 5.92 Å². The molecule has 16 heavy (non-hydrogen) atoms. The predicted octanol–water partition coefficient (Wildman–Crippen LogP) is 3.59. The van der Waals surface area contributed by atoms with Crippen LogP contribution in [0.2, 0.25) is 0 Å². The summed E-state index contributed by atoms with van der Waals surface area (Å²) < 4.78 is 0. The molecule has 0 aromatic carbocycles. The van der Waals surface area contributed by atoms with Crippen molar-refractivity contribution in [1.82, 2.24) is 4.90 Å². The summed E-state index contributed by atoms with van der Waals surface area (Å²) in [5, 5.41) is 0.900. The van der Waals surface area contributed by atoms with Crippen LogP contribution < -0.4 is 0 Å². The third-order valence-electron chi connectivity index (χ3n) is 3.35. The summed E-state index contributed by atoms with van der Waals surface area (Å²) in [7, 11) is 0. The highest BCUT2D eigenvalue weighted by Crippen LogP contribution is 2.24. The van der Waals surface area contributed by atoms with Crippen LogP contribution in [0.3, 0.4) is 0 Å². The molecule has 94 valence electrons. The maximum Gasteiger partial charge on any atom is 0.222 e. The van der Waals surface area contributed by atoms with Gasteiger partial charge in [-0.05, 0) is 25.2 Å². The van der Waals surface area contributed by atoms with Crippen LogP contribution in [-0.2, 0) is 4.79 Å². The first-order chi connectivity index (χ1) is 7.65. The lowest BCUT2D eigenvalue weighted by Gasteiger charge is -2.28. The Morgan fingerprint density at radius 3 is 2.50 bits per heavy atom. The Morgan fingerprint density at radius 1 is 1.38 bits per heavy atom. The van der Waals surface area contributed by atoms with Gasteiger partial charge in [0.2, 0.25) is 5.91 Å². The van der Waals surface area contributed by atoms with Crippen molar-refractivity contribution >= 4 is 21.8 Å². The minimum absolute atomic E-state index is 0.361. The summed E-state index contributed by atoms with van der Waals surface area (Å²) in [4.78, 5) is 14.2. The zero-order valence-corrected chi connectivity index (χ0v) is 12.1. The number of amides is 1. The van der Waals surface area contributed by atoms with Crippen LogP contribution in [0.25, 0.3) is 0 Å². The summed E-state index contributed by atoms with van der Waals surface area (Å²) in [6.45, 7) is 5.23. The van der Waals surface area contributed by atoms with Crippen molar-refractivity contribution < 1.29 is 4.79 Å². The molecule has 0 heterocycles. The maximum absolute atomic E-state index is 12.1. The second-order valence-corrected chi connectivity index (χ2v) is 5.94. The maximum atomic E-state index is 12.1. The molecule has 0 saturated heterocycles. The van der Waals surface area contributed by atoms with Crippen LogP contribution in [0, 0.1) is 5.92 Å². The topological polar surface area (TPSA) is 20.3 Å². The van der Waals surface area contributed by atoms with E-state index in [4.69, 9.17) is 0 Å². The smallest absolute Gasteiger partial charge is 0.222 e. The van der Waals surface area contributed by atoms with E-state index in [0.29, 0.717) is 17.9 Å². The van der Waals surface area contributed by atoms with Crippen LogP contribution in [0.4, 0.5) is 0 Å². The van der Waals surface area contributed by atoms with Gasteiger partial charge in [-0.1, -0.05) is 42.6 Å². The molecule has 0 unspecified atom stereocenters. The minimum atomic E-state index is 0.361. The Balaban J connectivity index is 2.44. The van der Waals surface area contributed by atoms with Crippen LogP contribution in [-0.4, -0.2) is 28.7 Å². The second kappa shape index (κ2) is 7.31. The van der Waals surface area contributed by atoms with E-state index in [2.05, 4.69) is 34.7 Å². The number of rotatable bonds is 6. The van der Waals surface area contributed by atoms with Gasteiger partial charge < -0.3 is 4.90 Å². The first kappa shape index (κ1) is 14.0. The molecule has 1 amide bonds. The van der Waals surface area contributed by atoms with E-state index in [1.807, 2.05) is 0 Å². The van der Waals surface area contributed by atoms with Crippen molar-refractivity contribution in [2.45, 2.75) is 58.4 Å². The molecule has 0 bridgehead atoms. The van der Waals surface area contributed by atoms with E-state index < -0.39 is 0 Å². The fraction of sp³-hybridized carbons (Fsp3) is 0.923. The first-order valence-corrected chi connectivity index (χ1v) is 7.62. The summed E-state index contributed by atoms with van der Waals surface area (Å²) in [6, 6.07) is 0.525. The molecule has 0 atom stereocenters. The highest BCUT2D eigenvalue weighted by Gasteiger charge is 2.25. The van der Waals surface area contributed by atoms with Gasteiger partial charge in [0.05, 0.1) is 0 Å². The molecular weight excluding hydrogens is 266 g/mol. The highest BCUT2D eigenvalue weighted by atomic mass is 79.9. The highest BCUT2D eigenvalue weighted by molar-refractivity contribution is 9.09. The molecule has 1 rings (SSSR count). The first-order valence-electron chi connectivity index (χ1n) is 6.50. The molecule has 0 N–H and O–H groups in total. The van der Waals surface area contributed by atoms with Crippen molar-refractivity contribution in [3.8, 4) is 0 Å². The van der Waals surface area contributed by atoms with Crippen LogP contribution in [0.5, 0.6) is 0 Å². The quantitative estimate of drug-likeness (QED) is 0.685. The van der Waals surface area contributed by atoms with Gasteiger partial charge in [0, 0.05) is 24.3 Å². The van der Waals surface area contributed by atoms with Gasteiger partial charge in [-0.15, -0.1) is 0 Å². The summed E-state index contributed by atoms with van der Waals surface area (Å²) in [5.74, 6) is 0.985. The zero-order chi connectivity index (χ0) is 12.0. The zero-order valence-electron chi connectivity index (χ0n) is 10.5. The van der Waals surface area contributed by atoms with E-state index in [9.17, 15) is 4.79 Å². The van der Waals surface area contributed by atoms with Gasteiger partial charge in [0.25, 0.3) is 0 Å². The van der Waals surface area contributed by atoms with Gasteiger partial charge in [-0.3, -0.25) is 4.79 Å². The third kappa shape index (κ3) is 4.44. The summed E-state index contributed by atoms with van der Waals surface area (Å²) in [6.07, 6.45) is 6.74. The largest absolute Gasteiger partial charge is 0.339 e.